The molecule has 0 saturated carbocycles. The Bertz CT molecular complexity index is 676. The lowest BCUT2D eigenvalue weighted by Crippen LogP contribution is -2.27. The number of benzene rings is 1. The number of hydrogen-bond donors (Lipinski definition) is 0. The number of para-hydroxylation sites is 1. The minimum atomic E-state index is -0.499. The van der Waals surface area contributed by atoms with Gasteiger partial charge in [-0.2, -0.15) is 0 Å². The average Bonchev–Trinajstić information content (AvgIpc) is 3.02. The van der Waals surface area contributed by atoms with Crippen molar-refractivity contribution in [2.75, 3.05) is 32.6 Å². The fourth-order valence-electron chi connectivity index (χ4n) is 2.33. The smallest absolute Gasteiger partial charge is 0.333 e. The molecule has 1 aromatic rings. The predicted octanol–water partition coefficient (Wildman–Crippen LogP) is 2.37. The van der Waals surface area contributed by atoms with E-state index < -0.39 is 5.97 Å². The zero-order valence-electron chi connectivity index (χ0n) is 15.2. The van der Waals surface area contributed by atoms with Crippen molar-refractivity contribution < 1.29 is 28.6 Å². The molecule has 1 fully saturated rings. The Morgan fingerprint density at radius 3 is 2.70 bits per heavy atom. The molecule has 0 atom stereocenters. The predicted molar refractivity (Wildman–Crippen MR) is 101 cm³/mol. The highest BCUT2D eigenvalue weighted by molar-refractivity contribution is 8.04. The van der Waals surface area contributed by atoms with E-state index in [1.165, 1.54) is 29.8 Å². The van der Waals surface area contributed by atoms with Gasteiger partial charge in [0.25, 0.3) is 0 Å². The minimum Gasteiger partial charge on any atom is -0.494 e. The van der Waals surface area contributed by atoms with Crippen LogP contribution in [0.5, 0.6) is 5.75 Å². The van der Waals surface area contributed by atoms with Gasteiger partial charge in [0.15, 0.2) is 0 Å². The average molecular weight is 393 g/mol. The molecule has 0 radical (unpaired) electrons. The highest BCUT2D eigenvalue weighted by atomic mass is 32.2. The molecule has 8 heteroatoms. The Morgan fingerprint density at radius 1 is 1.19 bits per heavy atom. The normalized spacial score (nSPS) is 15.1. The Hall–Kier alpha value is -2.48. The topological polar surface area (TPSA) is 82.1 Å². The minimum absolute atomic E-state index is 0.0699. The van der Waals surface area contributed by atoms with Gasteiger partial charge >= 0.3 is 11.9 Å². The zero-order valence-corrected chi connectivity index (χ0v) is 16.0. The van der Waals surface area contributed by atoms with E-state index in [9.17, 15) is 14.4 Å². The van der Waals surface area contributed by atoms with E-state index in [1.807, 2.05) is 30.3 Å². The van der Waals surface area contributed by atoms with Gasteiger partial charge in [-0.05, 0) is 25.0 Å². The molecule has 1 aromatic carbocycles. The van der Waals surface area contributed by atoms with E-state index in [0.29, 0.717) is 36.8 Å². The van der Waals surface area contributed by atoms with Crippen molar-refractivity contribution >= 4 is 29.6 Å². The molecule has 27 heavy (non-hydrogen) atoms. The molecule has 7 nitrogen and oxygen atoms in total. The van der Waals surface area contributed by atoms with Crippen LogP contribution in [0.1, 0.15) is 19.3 Å². The van der Waals surface area contributed by atoms with Crippen molar-refractivity contribution in [3.05, 3.63) is 41.4 Å². The van der Waals surface area contributed by atoms with Crippen LogP contribution in [0.15, 0.2) is 41.4 Å². The molecule has 0 bridgehead atoms. The first-order valence-corrected chi connectivity index (χ1v) is 9.65. The number of rotatable bonds is 10. The van der Waals surface area contributed by atoms with Gasteiger partial charge in [-0.15, -0.1) is 0 Å². The van der Waals surface area contributed by atoms with Gasteiger partial charge in [-0.3, -0.25) is 9.59 Å². The summed E-state index contributed by atoms with van der Waals surface area (Å²) in [5, 5.41) is 0.566. The molecule has 1 aliphatic rings. The van der Waals surface area contributed by atoms with Crippen molar-refractivity contribution in [3.63, 3.8) is 0 Å². The van der Waals surface area contributed by atoms with E-state index >= 15 is 0 Å². The second kappa shape index (κ2) is 11.3. The molecule has 0 N–H and O–H groups in total. The number of carbonyl (C=O) groups excluding carboxylic acids is 3. The Balaban J connectivity index is 1.60. The highest BCUT2D eigenvalue weighted by Gasteiger charge is 2.26. The number of amides is 1. The van der Waals surface area contributed by atoms with Gasteiger partial charge in [0.1, 0.15) is 5.75 Å². The SMILES string of the molecule is COC(=O)/C=C1/SCC(=O)N1CCCOC(=O)CCCOc1ccccc1. The van der Waals surface area contributed by atoms with Gasteiger partial charge in [0.2, 0.25) is 5.91 Å². The fourth-order valence-corrected chi connectivity index (χ4v) is 3.29. The van der Waals surface area contributed by atoms with Crippen molar-refractivity contribution in [3.8, 4) is 5.75 Å². The maximum atomic E-state index is 11.9. The Labute approximate surface area is 162 Å². The number of ether oxygens (including phenoxy) is 3. The molecule has 146 valence electrons. The van der Waals surface area contributed by atoms with E-state index in [0.717, 1.165) is 5.75 Å². The van der Waals surface area contributed by atoms with Crippen molar-refractivity contribution in [1.29, 1.82) is 0 Å². The Morgan fingerprint density at radius 2 is 1.96 bits per heavy atom. The summed E-state index contributed by atoms with van der Waals surface area (Å²) in [5.74, 6) is 0.208. The van der Waals surface area contributed by atoms with E-state index in [-0.39, 0.29) is 24.9 Å². The summed E-state index contributed by atoms with van der Waals surface area (Å²) >= 11 is 1.29. The number of methoxy groups -OCH3 is 1. The molecule has 1 aliphatic heterocycles. The van der Waals surface area contributed by atoms with Crippen molar-refractivity contribution in [2.45, 2.75) is 19.3 Å². The van der Waals surface area contributed by atoms with Gasteiger partial charge in [-0.25, -0.2) is 4.79 Å². The van der Waals surface area contributed by atoms with Crippen LogP contribution in [0.25, 0.3) is 0 Å². The number of esters is 2. The first kappa shape index (κ1) is 20.8. The van der Waals surface area contributed by atoms with Crippen molar-refractivity contribution in [2.24, 2.45) is 0 Å². The number of nitrogens with zero attached hydrogens (tertiary/aromatic N) is 1. The quantitative estimate of drug-likeness (QED) is 0.343. The standard InChI is InChI=1S/C19H23NO6S/c1-24-19(23)13-17-20(16(21)14-27-17)10-6-12-26-18(22)9-5-11-25-15-7-3-2-4-8-15/h2-4,7-8,13H,5-6,9-12,14H2,1H3/b17-13+. The van der Waals surface area contributed by atoms with Gasteiger partial charge in [0, 0.05) is 13.0 Å². The van der Waals surface area contributed by atoms with Crippen LogP contribution in [-0.4, -0.2) is 55.4 Å². The summed E-state index contributed by atoms with van der Waals surface area (Å²) in [6.07, 6.45) is 2.64. The van der Waals surface area contributed by atoms with Crippen LogP contribution in [0.2, 0.25) is 0 Å². The van der Waals surface area contributed by atoms with Gasteiger partial charge in [0.05, 0.1) is 37.2 Å². The van der Waals surface area contributed by atoms with E-state index in [4.69, 9.17) is 9.47 Å². The first-order valence-electron chi connectivity index (χ1n) is 8.66. The van der Waals surface area contributed by atoms with Crippen LogP contribution in [-0.2, 0) is 23.9 Å². The zero-order chi connectivity index (χ0) is 19.5. The third kappa shape index (κ3) is 7.34. The van der Waals surface area contributed by atoms with Crippen LogP contribution in [0.4, 0.5) is 0 Å². The summed E-state index contributed by atoms with van der Waals surface area (Å²) < 4.78 is 15.3. The highest BCUT2D eigenvalue weighted by Crippen LogP contribution is 2.28. The summed E-state index contributed by atoms with van der Waals surface area (Å²) in [6.45, 7) is 1.05. The monoisotopic (exact) mass is 393 g/mol. The van der Waals surface area contributed by atoms with Crippen LogP contribution >= 0.6 is 11.8 Å². The molecule has 0 unspecified atom stereocenters. The lowest BCUT2D eigenvalue weighted by molar-refractivity contribution is -0.144. The lowest BCUT2D eigenvalue weighted by Gasteiger charge is -2.16. The summed E-state index contributed by atoms with van der Waals surface area (Å²) in [7, 11) is 1.29. The maximum absolute atomic E-state index is 11.9. The molecular formula is C19H23NO6S. The van der Waals surface area contributed by atoms with E-state index in [1.54, 1.807) is 0 Å². The molecule has 0 aliphatic carbocycles. The fraction of sp³-hybridized carbons (Fsp3) is 0.421. The first-order chi connectivity index (χ1) is 13.1. The lowest BCUT2D eigenvalue weighted by atomic mass is 10.3. The van der Waals surface area contributed by atoms with Crippen LogP contribution in [0.3, 0.4) is 0 Å². The number of thioether (sulfide) groups is 1. The second-order valence-corrected chi connectivity index (χ2v) is 6.67. The largest absolute Gasteiger partial charge is 0.494 e. The number of carbonyl (C=O) groups is 3. The molecule has 1 heterocycles. The number of hydrogen-bond acceptors (Lipinski definition) is 7. The summed E-state index contributed by atoms with van der Waals surface area (Å²) in [4.78, 5) is 36.4. The third-order valence-electron chi connectivity index (χ3n) is 3.68. The van der Waals surface area contributed by atoms with Gasteiger partial charge < -0.3 is 19.1 Å². The van der Waals surface area contributed by atoms with Crippen LogP contribution in [0, 0.1) is 0 Å². The van der Waals surface area contributed by atoms with Gasteiger partial charge in [-0.1, -0.05) is 30.0 Å². The molecule has 0 spiro atoms. The summed E-state index contributed by atoms with van der Waals surface area (Å²) in [6, 6.07) is 9.41. The van der Waals surface area contributed by atoms with Crippen LogP contribution < -0.4 is 4.74 Å². The van der Waals surface area contributed by atoms with E-state index in [2.05, 4.69) is 4.74 Å². The molecular weight excluding hydrogens is 370 g/mol. The molecule has 1 amide bonds. The molecule has 1 saturated heterocycles. The summed E-state index contributed by atoms with van der Waals surface area (Å²) in [5.41, 5.74) is 0. The molecule has 2 rings (SSSR count). The molecule has 0 aromatic heterocycles. The third-order valence-corrected chi connectivity index (χ3v) is 4.70. The second-order valence-electron chi connectivity index (χ2n) is 5.68. The Kier molecular flexibility index (Phi) is 8.70. The maximum Gasteiger partial charge on any atom is 0.333 e. The van der Waals surface area contributed by atoms with Crippen molar-refractivity contribution in [1.82, 2.24) is 4.90 Å².